The highest BCUT2D eigenvalue weighted by molar-refractivity contribution is 5.94. The van der Waals surface area contributed by atoms with Crippen LogP contribution in [-0.2, 0) is 0 Å². The van der Waals surface area contributed by atoms with Crippen molar-refractivity contribution in [3.63, 3.8) is 0 Å². The van der Waals surface area contributed by atoms with Crippen LogP contribution >= 0.6 is 0 Å². The zero-order valence-electron chi connectivity index (χ0n) is 12.7. The lowest BCUT2D eigenvalue weighted by atomic mass is 10.0. The summed E-state index contributed by atoms with van der Waals surface area (Å²) in [6.07, 6.45) is 0.837. The summed E-state index contributed by atoms with van der Waals surface area (Å²) in [5.41, 5.74) is 2.92. The quantitative estimate of drug-likeness (QED) is 0.904. The SMILES string of the molecule is CC[C@H](NC(=O)c1ccc(C)cc1)c1ccc(OC)cc1. The van der Waals surface area contributed by atoms with Gasteiger partial charge < -0.3 is 10.1 Å². The molecule has 21 heavy (non-hydrogen) atoms. The van der Waals surface area contributed by atoms with Crippen LogP contribution in [0.25, 0.3) is 0 Å². The molecule has 0 fully saturated rings. The molecule has 0 saturated carbocycles. The fourth-order valence-corrected chi connectivity index (χ4v) is 2.20. The lowest BCUT2D eigenvalue weighted by molar-refractivity contribution is 0.0935. The van der Waals surface area contributed by atoms with Gasteiger partial charge in [-0.15, -0.1) is 0 Å². The molecule has 3 nitrogen and oxygen atoms in total. The molecule has 3 heteroatoms. The van der Waals surface area contributed by atoms with E-state index in [9.17, 15) is 4.79 Å². The van der Waals surface area contributed by atoms with E-state index >= 15 is 0 Å². The molecule has 2 rings (SSSR count). The third-order valence-corrected chi connectivity index (χ3v) is 3.55. The Balaban J connectivity index is 2.10. The van der Waals surface area contributed by atoms with Crippen molar-refractivity contribution in [1.29, 1.82) is 0 Å². The Kier molecular flexibility index (Phi) is 4.99. The smallest absolute Gasteiger partial charge is 0.251 e. The molecular weight excluding hydrogens is 262 g/mol. The number of methoxy groups -OCH3 is 1. The highest BCUT2D eigenvalue weighted by Gasteiger charge is 2.14. The Morgan fingerprint density at radius 1 is 1.10 bits per heavy atom. The highest BCUT2D eigenvalue weighted by atomic mass is 16.5. The Morgan fingerprint density at radius 2 is 1.71 bits per heavy atom. The van der Waals surface area contributed by atoms with Crippen LogP contribution in [-0.4, -0.2) is 13.0 Å². The van der Waals surface area contributed by atoms with Crippen LogP contribution in [0.15, 0.2) is 48.5 Å². The van der Waals surface area contributed by atoms with E-state index in [1.165, 1.54) is 0 Å². The topological polar surface area (TPSA) is 38.3 Å². The fourth-order valence-electron chi connectivity index (χ4n) is 2.20. The van der Waals surface area contributed by atoms with Crippen LogP contribution in [0.4, 0.5) is 0 Å². The third kappa shape index (κ3) is 3.85. The van der Waals surface area contributed by atoms with Gasteiger partial charge in [0, 0.05) is 5.56 Å². The summed E-state index contributed by atoms with van der Waals surface area (Å²) in [5, 5.41) is 3.08. The first-order valence-electron chi connectivity index (χ1n) is 7.15. The van der Waals surface area contributed by atoms with Crippen LogP contribution in [0.2, 0.25) is 0 Å². The molecule has 1 atom stereocenters. The summed E-state index contributed by atoms with van der Waals surface area (Å²) >= 11 is 0. The van der Waals surface area contributed by atoms with E-state index in [2.05, 4.69) is 12.2 Å². The minimum atomic E-state index is -0.0438. The molecule has 0 saturated heterocycles. The molecule has 0 aliphatic carbocycles. The van der Waals surface area contributed by atoms with Crippen LogP contribution in [0.3, 0.4) is 0 Å². The highest BCUT2D eigenvalue weighted by Crippen LogP contribution is 2.20. The number of aryl methyl sites for hydroxylation is 1. The van der Waals surface area contributed by atoms with E-state index in [4.69, 9.17) is 4.74 Å². The van der Waals surface area contributed by atoms with Gasteiger partial charge in [0.25, 0.3) is 5.91 Å². The van der Waals surface area contributed by atoms with Gasteiger partial charge in [0.1, 0.15) is 5.75 Å². The van der Waals surface area contributed by atoms with Gasteiger partial charge in [0.05, 0.1) is 13.2 Å². The Labute approximate surface area is 126 Å². The van der Waals surface area contributed by atoms with E-state index in [1.54, 1.807) is 7.11 Å². The van der Waals surface area contributed by atoms with Crippen LogP contribution in [0.1, 0.15) is 40.9 Å². The average Bonchev–Trinajstić information content (AvgIpc) is 2.53. The molecule has 1 N–H and O–H groups in total. The molecule has 0 aliphatic rings. The van der Waals surface area contributed by atoms with Crippen molar-refractivity contribution in [1.82, 2.24) is 5.32 Å². The molecule has 0 unspecified atom stereocenters. The van der Waals surface area contributed by atoms with E-state index in [-0.39, 0.29) is 11.9 Å². The maximum absolute atomic E-state index is 12.3. The maximum atomic E-state index is 12.3. The Hall–Kier alpha value is -2.29. The number of carbonyl (C=O) groups excluding carboxylic acids is 1. The third-order valence-electron chi connectivity index (χ3n) is 3.55. The van der Waals surface area contributed by atoms with E-state index in [0.29, 0.717) is 5.56 Å². The molecule has 2 aromatic rings. The number of rotatable bonds is 5. The van der Waals surface area contributed by atoms with Gasteiger partial charge in [-0.05, 0) is 43.2 Å². The number of ether oxygens (including phenoxy) is 1. The van der Waals surface area contributed by atoms with Crippen LogP contribution in [0, 0.1) is 6.92 Å². The summed E-state index contributed by atoms with van der Waals surface area (Å²) in [6, 6.07) is 15.4. The van der Waals surface area contributed by atoms with Crippen molar-refractivity contribution in [3.05, 3.63) is 65.2 Å². The first-order valence-corrected chi connectivity index (χ1v) is 7.15. The van der Waals surface area contributed by atoms with Crippen LogP contribution in [0.5, 0.6) is 5.75 Å². The predicted molar refractivity (Wildman–Crippen MR) is 84.7 cm³/mol. The van der Waals surface area contributed by atoms with Crippen molar-refractivity contribution in [2.75, 3.05) is 7.11 Å². The minimum Gasteiger partial charge on any atom is -0.497 e. The van der Waals surface area contributed by atoms with E-state index in [0.717, 1.165) is 23.3 Å². The number of benzene rings is 2. The fraction of sp³-hybridized carbons (Fsp3) is 0.278. The molecule has 2 aromatic carbocycles. The molecule has 0 spiro atoms. The second-order valence-electron chi connectivity index (χ2n) is 5.07. The molecule has 0 aliphatic heterocycles. The lowest BCUT2D eigenvalue weighted by Crippen LogP contribution is -2.28. The summed E-state index contributed by atoms with van der Waals surface area (Å²) < 4.78 is 5.16. The first kappa shape index (κ1) is 15.1. The minimum absolute atomic E-state index is 0.00436. The van der Waals surface area contributed by atoms with Crippen molar-refractivity contribution in [2.24, 2.45) is 0 Å². The monoisotopic (exact) mass is 283 g/mol. The van der Waals surface area contributed by atoms with Crippen molar-refractivity contribution < 1.29 is 9.53 Å². The van der Waals surface area contributed by atoms with Crippen molar-refractivity contribution >= 4 is 5.91 Å². The lowest BCUT2D eigenvalue weighted by Gasteiger charge is -2.18. The van der Waals surface area contributed by atoms with E-state index in [1.807, 2.05) is 55.5 Å². The molecule has 0 aromatic heterocycles. The summed E-state index contributed by atoms with van der Waals surface area (Å²) in [4.78, 5) is 12.3. The molecule has 0 heterocycles. The van der Waals surface area contributed by atoms with Gasteiger partial charge in [-0.1, -0.05) is 36.8 Å². The van der Waals surface area contributed by atoms with Crippen molar-refractivity contribution in [3.8, 4) is 5.75 Å². The van der Waals surface area contributed by atoms with Gasteiger partial charge in [0.2, 0.25) is 0 Å². The molecule has 110 valence electrons. The van der Waals surface area contributed by atoms with Crippen molar-refractivity contribution in [2.45, 2.75) is 26.3 Å². The van der Waals surface area contributed by atoms with Gasteiger partial charge >= 0.3 is 0 Å². The standard InChI is InChI=1S/C18H21NO2/c1-4-17(14-9-11-16(21-3)12-10-14)19-18(20)15-7-5-13(2)6-8-15/h5-12,17H,4H2,1-3H3,(H,19,20)/t17-/m0/s1. The zero-order valence-corrected chi connectivity index (χ0v) is 12.7. The summed E-state index contributed by atoms with van der Waals surface area (Å²) in [6.45, 7) is 4.07. The van der Waals surface area contributed by atoms with Gasteiger partial charge in [-0.2, -0.15) is 0 Å². The van der Waals surface area contributed by atoms with Gasteiger partial charge in [-0.25, -0.2) is 0 Å². The first-order chi connectivity index (χ1) is 10.1. The predicted octanol–water partition coefficient (Wildman–Crippen LogP) is 3.88. The zero-order chi connectivity index (χ0) is 15.2. The molecular formula is C18H21NO2. The summed E-state index contributed by atoms with van der Waals surface area (Å²) in [5.74, 6) is 0.774. The van der Waals surface area contributed by atoms with Gasteiger partial charge in [-0.3, -0.25) is 4.79 Å². The number of hydrogen-bond acceptors (Lipinski definition) is 2. The maximum Gasteiger partial charge on any atom is 0.251 e. The molecule has 0 bridgehead atoms. The second kappa shape index (κ2) is 6.93. The Bertz CT molecular complexity index is 588. The normalized spacial score (nSPS) is 11.8. The van der Waals surface area contributed by atoms with Gasteiger partial charge in [0.15, 0.2) is 0 Å². The second-order valence-corrected chi connectivity index (χ2v) is 5.07. The van der Waals surface area contributed by atoms with E-state index < -0.39 is 0 Å². The number of hydrogen-bond donors (Lipinski definition) is 1. The largest absolute Gasteiger partial charge is 0.497 e. The van der Waals surface area contributed by atoms with Crippen LogP contribution < -0.4 is 10.1 Å². The molecule has 0 radical (unpaired) electrons. The molecule has 1 amide bonds. The number of carbonyl (C=O) groups is 1. The summed E-state index contributed by atoms with van der Waals surface area (Å²) in [7, 11) is 1.64. The Morgan fingerprint density at radius 3 is 2.24 bits per heavy atom. The number of nitrogens with one attached hydrogen (secondary N) is 1. The average molecular weight is 283 g/mol. The number of amides is 1.